The number of anilines is 1. The molecule has 9 heteroatoms. The van der Waals surface area contributed by atoms with Crippen molar-refractivity contribution in [2.75, 3.05) is 11.9 Å². The highest BCUT2D eigenvalue weighted by molar-refractivity contribution is 6.35. The van der Waals surface area contributed by atoms with Gasteiger partial charge in [0.15, 0.2) is 0 Å². The van der Waals surface area contributed by atoms with Crippen LogP contribution in [0.2, 0.25) is 10.0 Å². The van der Waals surface area contributed by atoms with E-state index in [1.807, 2.05) is 24.3 Å². The Morgan fingerprint density at radius 3 is 2.44 bits per heavy atom. The standard InChI is InChI=1S/C27H29Cl2N3O4/c1-3-5-8-21(31-25-10-7-6-9-23(25)27(34)32-36-26(33)4-2)17-35-22-11-12-24(30-16-22)18-13-19(28)15-20(29)14-18/h6-7,9-16,21,31H,3-5,8,17H2,1-2H3,(H,32,34)/t21-/m0/s1. The number of ether oxygens (including phenoxy) is 1. The number of hydrogen-bond acceptors (Lipinski definition) is 6. The molecule has 0 bridgehead atoms. The molecule has 1 atom stereocenters. The van der Waals surface area contributed by atoms with E-state index in [1.165, 1.54) is 0 Å². The van der Waals surface area contributed by atoms with E-state index in [9.17, 15) is 9.59 Å². The molecule has 0 radical (unpaired) electrons. The fraction of sp³-hybridized carbons (Fsp3) is 0.296. The van der Waals surface area contributed by atoms with Gasteiger partial charge in [0.2, 0.25) is 0 Å². The first-order valence-corrected chi connectivity index (χ1v) is 12.6. The smallest absolute Gasteiger partial charge is 0.331 e. The number of amides is 1. The lowest BCUT2D eigenvalue weighted by Crippen LogP contribution is -2.31. The summed E-state index contributed by atoms with van der Waals surface area (Å²) in [6.45, 7) is 4.13. The highest BCUT2D eigenvalue weighted by Crippen LogP contribution is 2.27. The summed E-state index contributed by atoms with van der Waals surface area (Å²) in [7, 11) is 0. The Bertz CT molecular complexity index is 1150. The predicted octanol–water partition coefficient (Wildman–Crippen LogP) is 6.70. The topological polar surface area (TPSA) is 89.6 Å². The number of rotatable bonds is 11. The second-order valence-electron chi connectivity index (χ2n) is 8.14. The van der Waals surface area contributed by atoms with E-state index in [0.717, 1.165) is 30.5 Å². The number of para-hydroxylation sites is 1. The minimum atomic E-state index is -0.513. The van der Waals surface area contributed by atoms with E-state index in [4.69, 9.17) is 32.8 Å². The third-order valence-electron chi connectivity index (χ3n) is 5.33. The summed E-state index contributed by atoms with van der Waals surface area (Å²) in [4.78, 5) is 33.2. The molecule has 1 aromatic heterocycles. The molecule has 3 aromatic rings. The third-order valence-corrected chi connectivity index (χ3v) is 5.77. The zero-order chi connectivity index (χ0) is 25.9. The first kappa shape index (κ1) is 27.3. The van der Waals surface area contributed by atoms with Crippen molar-refractivity contribution >= 4 is 40.8 Å². The maximum absolute atomic E-state index is 12.6. The molecule has 0 aliphatic carbocycles. The van der Waals surface area contributed by atoms with Crippen molar-refractivity contribution in [2.24, 2.45) is 0 Å². The molecule has 0 aliphatic rings. The van der Waals surface area contributed by atoms with Crippen LogP contribution in [-0.4, -0.2) is 29.5 Å². The average molecular weight is 530 g/mol. The minimum absolute atomic E-state index is 0.0662. The number of nitrogens with zero attached hydrogens (tertiary/aromatic N) is 1. The van der Waals surface area contributed by atoms with E-state index in [1.54, 1.807) is 43.5 Å². The molecule has 3 rings (SSSR count). The lowest BCUT2D eigenvalue weighted by atomic mass is 10.1. The Morgan fingerprint density at radius 1 is 1.03 bits per heavy atom. The number of aromatic nitrogens is 1. The van der Waals surface area contributed by atoms with E-state index in [2.05, 4.69) is 22.7 Å². The maximum atomic E-state index is 12.6. The molecular formula is C27H29Cl2N3O4. The highest BCUT2D eigenvalue weighted by Gasteiger charge is 2.17. The van der Waals surface area contributed by atoms with E-state index < -0.39 is 11.9 Å². The van der Waals surface area contributed by atoms with Gasteiger partial charge in [-0.2, -0.15) is 5.48 Å². The van der Waals surface area contributed by atoms with Crippen LogP contribution in [0.15, 0.2) is 60.8 Å². The van der Waals surface area contributed by atoms with Gasteiger partial charge in [0.05, 0.1) is 23.5 Å². The number of unbranched alkanes of at least 4 members (excludes halogenated alkanes) is 1. The van der Waals surface area contributed by atoms with Crippen molar-refractivity contribution < 1.29 is 19.2 Å². The van der Waals surface area contributed by atoms with Gasteiger partial charge in [-0.15, -0.1) is 0 Å². The van der Waals surface area contributed by atoms with Gasteiger partial charge in [-0.25, -0.2) is 4.79 Å². The number of pyridine rings is 1. The Hall–Kier alpha value is -3.29. The molecule has 2 N–H and O–H groups in total. The molecular weight excluding hydrogens is 501 g/mol. The summed E-state index contributed by atoms with van der Waals surface area (Å²) in [5.74, 6) is -0.398. The van der Waals surface area contributed by atoms with Crippen molar-refractivity contribution in [1.82, 2.24) is 10.5 Å². The molecule has 1 heterocycles. The third kappa shape index (κ3) is 8.14. The molecule has 0 spiro atoms. The normalized spacial score (nSPS) is 11.4. The molecule has 2 aromatic carbocycles. The number of halogens is 2. The van der Waals surface area contributed by atoms with Gasteiger partial charge in [0.1, 0.15) is 12.4 Å². The van der Waals surface area contributed by atoms with Crippen LogP contribution in [0.3, 0.4) is 0 Å². The summed E-state index contributed by atoms with van der Waals surface area (Å²) < 4.78 is 6.02. The van der Waals surface area contributed by atoms with Crippen LogP contribution in [0.1, 0.15) is 49.9 Å². The Labute approximate surface area is 221 Å². The molecule has 0 unspecified atom stereocenters. The minimum Gasteiger partial charge on any atom is -0.490 e. The number of nitrogens with one attached hydrogen (secondary N) is 2. The molecule has 0 fully saturated rings. The molecule has 0 saturated carbocycles. The van der Waals surface area contributed by atoms with Crippen molar-refractivity contribution in [3.63, 3.8) is 0 Å². The van der Waals surface area contributed by atoms with E-state index >= 15 is 0 Å². The monoisotopic (exact) mass is 529 g/mol. The second-order valence-corrected chi connectivity index (χ2v) is 9.01. The molecule has 36 heavy (non-hydrogen) atoms. The first-order chi connectivity index (χ1) is 17.4. The van der Waals surface area contributed by atoms with E-state index in [0.29, 0.717) is 33.7 Å². The average Bonchev–Trinajstić information content (AvgIpc) is 2.88. The summed E-state index contributed by atoms with van der Waals surface area (Å²) in [5, 5.41) is 4.50. The fourth-order valence-electron chi connectivity index (χ4n) is 3.44. The number of carbonyl (C=O) groups excluding carboxylic acids is 2. The predicted molar refractivity (Wildman–Crippen MR) is 142 cm³/mol. The largest absolute Gasteiger partial charge is 0.490 e. The molecule has 1 amide bonds. The molecule has 0 aliphatic heterocycles. The molecule has 0 saturated heterocycles. The van der Waals surface area contributed by atoms with Gasteiger partial charge in [0.25, 0.3) is 5.91 Å². The van der Waals surface area contributed by atoms with Crippen LogP contribution >= 0.6 is 23.2 Å². The number of hydroxylamine groups is 1. The summed E-state index contributed by atoms with van der Waals surface area (Å²) in [6, 6.07) is 16.0. The van der Waals surface area contributed by atoms with Gasteiger partial charge in [-0.3, -0.25) is 9.78 Å². The highest BCUT2D eigenvalue weighted by atomic mass is 35.5. The lowest BCUT2D eigenvalue weighted by Gasteiger charge is -2.22. The van der Waals surface area contributed by atoms with Crippen LogP contribution in [0.5, 0.6) is 5.75 Å². The van der Waals surface area contributed by atoms with Crippen molar-refractivity contribution in [3.8, 4) is 17.0 Å². The fourth-order valence-corrected chi connectivity index (χ4v) is 3.97. The zero-order valence-electron chi connectivity index (χ0n) is 20.2. The van der Waals surface area contributed by atoms with Crippen molar-refractivity contribution in [2.45, 2.75) is 45.6 Å². The van der Waals surface area contributed by atoms with Gasteiger partial charge in [-0.1, -0.05) is 62.0 Å². The van der Waals surface area contributed by atoms with Crippen LogP contribution in [0.25, 0.3) is 11.3 Å². The SMILES string of the molecule is CCCC[C@@H](COc1ccc(-c2cc(Cl)cc(Cl)c2)nc1)Nc1ccccc1C(=O)NOC(=O)CC. The Morgan fingerprint density at radius 2 is 1.78 bits per heavy atom. The van der Waals surface area contributed by atoms with Crippen LogP contribution in [0, 0.1) is 0 Å². The first-order valence-electron chi connectivity index (χ1n) is 11.8. The van der Waals surface area contributed by atoms with Gasteiger partial charge in [-0.05, 0) is 48.9 Å². The van der Waals surface area contributed by atoms with Crippen LogP contribution in [0.4, 0.5) is 5.69 Å². The van der Waals surface area contributed by atoms with Crippen LogP contribution in [-0.2, 0) is 9.63 Å². The quantitative estimate of drug-likeness (QED) is 0.268. The summed E-state index contributed by atoms with van der Waals surface area (Å²) >= 11 is 12.2. The van der Waals surface area contributed by atoms with Crippen LogP contribution < -0.4 is 15.5 Å². The summed E-state index contributed by atoms with van der Waals surface area (Å²) in [5.41, 5.74) is 4.75. The summed E-state index contributed by atoms with van der Waals surface area (Å²) in [6.07, 6.45) is 4.66. The Balaban J connectivity index is 1.67. The Kier molecular flexibility index (Phi) is 10.4. The number of hydrogen-bond donors (Lipinski definition) is 2. The molecule has 190 valence electrons. The van der Waals surface area contributed by atoms with Crippen molar-refractivity contribution in [1.29, 1.82) is 0 Å². The lowest BCUT2D eigenvalue weighted by molar-refractivity contribution is -0.148. The number of benzene rings is 2. The van der Waals surface area contributed by atoms with Gasteiger partial charge < -0.3 is 14.9 Å². The van der Waals surface area contributed by atoms with Gasteiger partial charge >= 0.3 is 5.97 Å². The zero-order valence-corrected chi connectivity index (χ0v) is 21.7. The second kappa shape index (κ2) is 13.7. The van der Waals surface area contributed by atoms with E-state index in [-0.39, 0.29) is 12.5 Å². The van der Waals surface area contributed by atoms with Gasteiger partial charge in [0, 0.05) is 27.7 Å². The van der Waals surface area contributed by atoms with Crippen molar-refractivity contribution in [3.05, 3.63) is 76.4 Å². The maximum Gasteiger partial charge on any atom is 0.331 e. The number of carbonyl (C=O) groups is 2. The molecule has 7 nitrogen and oxygen atoms in total.